The third-order valence-corrected chi connectivity index (χ3v) is 7.13. The van der Waals surface area contributed by atoms with Gasteiger partial charge in [-0.25, -0.2) is 0 Å². The van der Waals surface area contributed by atoms with Crippen LogP contribution in [0.4, 0.5) is 0 Å². The van der Waals surface area contributed by atoms with Crippen molar-refractivity contribution in [3.63, 3.8) is 0 Å². The zero-order chi connectivity index (χ0) is 39.0. The number of carbonyl (C=O) groups excluding carboxylic acids is 7. The number of phenols is 1. The molecule has 0 aliphatic carbocycles. The summed E-state index contributed by atoms with van der Waals surface area (Å²) in [6, 6.07) is -2.90. The first-order chi connectivity index (χ1) is 23.8. The van der Waals surface area contributed by atoms with Crippen LogP contribution in [0, 0.1) is 0 Å². The molecule has 0 aliphatic rings. The molecule has 0 aromatic heterocycles. The maximum absolute atomic E-state index is 13.6. The molecule has 0 heterocycles. The van der Waals surface area contributed by atoms with Crippen LogP contribution in [-0.2, 0) is 44.8 Å². The van der Waals surface area contributed by atoms with Crippen molar-refractivity contribution in [3.8, 4) is 5.75 Å². The number of aromatic hydroxyl groups is 1. The molecule has 0 radical (unpaired) electrons. The number of aliphatic hydroxyl groups is 3. The summed E-state index contributed by atoms with van der Waals surface area (Å²) >= 11 is 0. The SMILES string of the molecule is C[C@@H](O)[C@H](NC(=O)[C@H](CCC(N)=O)NC(=O)CN)C(=O)N[C@@H](Cc1ccc(O)cc1)C(=O)N[C@H](C(=O)N[C@H](C(=O)NCC(=O)O)[C@@H](C)O)[C@@H](C)O. The maximum Gasteiger partial charge on any atom is 0.322 e. The van der Waals surface area contributed by atoms with Crippen LogP contribution in [0.5, 0.6) is 5.75 Å². The van der Waals surface area contributed by atoms with E-state index in [0.717, 1.165) is 20.8 Å². The summed E-state index contributed by atoms with van der Waals surface area (Å²) in [5.74, 6) is -8.60. The average molecular weight is 727 g/mol. The summed E-state index contributed by atoms with van der Waals surface area (Å²) in [7, 11) is 0. The molecular weight excluding hydrogens is 680 g/mol. The van der Waals surface area contributed by atoms with Crippen LogP contribution >= 0.6 is 0 Å². The van der Waals surface area contributed by atoms with Gasteiger partial charge in [0.2, 0.25) is 41.4 Å². The number of aliphatic hydroxyl groups excluding tert-OH is 3. The summed E-state index contributed by atoms with van der Waals surface area (Å²) < 4.78 is 0. The van der Waals surface area contributed by atoms with Gasteiger partial charge >= 0.3 is 5.97 Å². The summed E-state index contributed by atoms with van der Waals surface area (Å²) in [6.07, 6.45) is -5.73. The van der Waals surface area contributed by atoms with Gasteiger partial charge in [0.1, 0.15) is 42.5 Å². The van der Waals surface area contributed by atoms with E-state index in [2.05, 4.69) is 26.6 Å². The smallest absolute Gasteiger partial charge is 0.322 e. The van der Waals surface area contributed by atoms with E-state index in [4.69, 9.17) is 16.6 Å². The zero-order valence-corrected chi connectivity index (χ0v) is 28.1. The Morgan fingerprint density at radius 1 is 0.667 bits per heavy atom. The normalized spacial score (nSPS) is 15.6. The van der Waals surface area contributed by atoms with Gasteiger partial charge < -0.3 is 68.9 Å². The quantitative estimate of drug-likeness (QED) is 0.0561. The van der Waals surface area contributed by atoms with E-state index in [1.54, 1.807) is 0 Å². The summed E-state index contributed by atoms with van der Waals surface area (Å²) in [5.41, 5.74) is 10.8. The Balaban J connectivity index is 3.35. The van der Waals surface area contributed by atoms with Crippen molar-refractivity contribution in [2.45, 2.75) is 88.6 Å². The second-order valence-electron chi connectivity index (χ2n) is 11.6. The van der Waals surface area contributed by atoms with Gasteiger partial charge in [0.15, 0.2) is 0 Å². The van der Waals surface area contributed by atoms with E-state index in [0.29, 0.717) is 5.56 Å². The van der Waals surface area contributed by atoms with E-state index in [1.807, 2.05) is 5.32 Å². The molecule has 15 N–H and O–H groups in total. The van der Waals surface area contributed by atoms with Crippen molar-refractivity contribution >= 4 is 47.3 Å². The summed E-state index contributed by atoms with van der Waals surface area (Å²) in [6.45, 7) is 2.01. The Bertz CT molecular complexity index is 1400. The number of benzene rings is 1. The minimum atomic E-state index is -1.81. The van der Waals surface area contributed by atoms with Gasteiger partial charge in [0.25, 0.3) is 0 Å². The number of hydrogen-bond acceptors (Lipinski definition) is 13. The highest BCUT2D eigenvalue weighted by Gasteiger charge is 2.36. The molecule has 7 amide bonds. The Kier molecular flexibility index (Phi) is 17.9. The number of nitrogens with two attached hydrogens (primary N) is 2. The third kappa shape index (κ3) is 15.4. The fourth-order valence-electron chi connectivity index (χ4n) is 4.39. The molecule has 0 saturated heterocycles. The van der Waals surface area contributed by atoms with Crippen LogP contribution in [0.3, 0.4) is 0 Å². The predicted molar refractivity (Wildman–Crippen MR) is 175 cm³/mol. The Morgan fingerprint density at radius 2 is 1.12 bits per heavy atom. The monoisotopic (exact) mass is 726 g/mol. The molecule has 1 aromatic carbocycles. The van der Waals surface area contributed by atoms with Crippen molar-refractivity contribution in [2.24, 2.45) is 11.5 Å². The van der Waals surface area contributed by atoms with Crippen LogP contribution in [0.15, 0.2) is 24.3 Å². The first kappa shape index (κ1) is 43.6. The zero-order valence-electron chi connectivity index (χ0n) is 28.1. The largest absolute Gasteiger partial charge is 0.508 e. The highest BCUT2D eigenvalue weighted by atomic mass is 16.4. The number of nitrogens with one attached hydrogen (secondary N) is 6. The topological polar surface area (TPSA) is 362 Å². The van der Waals surface area contributed by atoms with Crippen LogP contribution in [-0.4, -0.2) is 134 Å². The second-order valence-corrected chi connectivity index (χ2v) is 11.6. The molecule has 21 heteroatoms. The average Bonchev–Trinajstić information content (AvgIpc) is 3.05. The van der Waals surface area contributed by atoms with Crippen molar-refractivity contribution in [1.29, 1.82) is 0 Å². The van der Waals surface area contributed by atoms with Gasteiger partial charge in [-0.3, -0.25) is 38.4 Å². The number of aliphatic carboxylic acids is 1. The van der Waals surface area contributed by atoms with Crippen molar-refractivity contribution in [1.82, 2.24) is 31.9 Å². The highest BCUT2D eigenvalue weighted by molar-refractivity contribution is 5.97. The molecule has 0 fully saturated rings. The van der Waals surface area contributed by atoms with Gasteiger partial charge in [-0.2, -0.15) is 0 Å². The molecule has 1 rings (SSSR count). The van der Waals surface area contributed by atoms with Crippen LogP contribution in [0.25, 0.3) is 0 Å². The fraction of sp³-hybridized carbons (Fsp3) is 0.533. The minimum Gasteiger partial charge on any atom is -0.508 e. The van der Waals surface area contributed by atoms with Crippen LogP contribution in [0.2, 0.25) is 0 Å². The Hall–Kier alpha value is -5.38. The fourth-order valence-corrected chi connectivity index (χ4v) is 4.39. The lowest BCUT2D eigenvalue weighted by molar-refractivity contribution is -0.140. The lowest BCUT2D eigenvalue weighted by Crippen LogP contribution is -2.63. The number of carboxylic acid groups (broad SMARTS) is 1. The van der Waals surface area contributed by atoms with Gasteiger partial charge in [-0.1, -0.05) is 12.1 Å². The number of carboxylic acids is 1. The van der Waals surface area contributed by atoms with E-state index in [9.17, 15) is 58.8 Å². The second kappa shape index (κ2) is 21.0. The number of hydrogen-bond donors (Lipinski definition) is 13. The molecule has 0 bridgehead atoms. The van der Waals surface area contributed by atoms with E-state index in [1.165, 1.54) is 24.3 Å². The molecular formula is C30H46N8O13. The van der Waals surface area contributed by atoms with E-state index >= 15 is 0 Å². The molecule has 0 unspecified atom stereocenters. The minimum absolute atomic E-state index is 0.126. The van der Waals surface area contributed by atoms with Gasteiger partial charge in [0, 0.05) is 12.8 Å². The summed E-state index contributed by atoms with van der Waals surface area (Å²) in [5, 5.41) is 62.5. The van der Waals surface area contributed by atoms with Gasteiger partial charge in [0.05, 0.1) is 24.9 Å². The number of primary amides is 1. The van der Waals surface area contributed by atoms with E-state index < -0.39 is 109 Å². The molecule has 51 heavy (non-hydrogen) atoms. The lowest BCUT2D eigenvalue weighted by Gasteiger charge is -2.29. The van der Waals surface area contributed by atoms with Crippen molar-refractivity contribution < 1.29 is 63.9 Å². The summed E-state index contributed by atoms with van der Waals surface area (Å²) in [4.78, 5) is 99.7. The van der Waals surface area contributed by atoms with Crippen molar-refractivity contribution in [2.75, 3.05) is 13.1 Å². The van der Waals surface area contributed by atoms with Crippen LogP contribution in [0.1, 0.15) is 39.2 Å². The van der Waals surface area contributed by atoms with Crippen LogP contribution < -0.4 is 43.4 Å². The van der Waals surface area contributed by atoms with Crippen molar-refractivity contribution in [3.05, 3.63) is 29.8 Å². The number of amides is 7. The van der Waals surface area contributed by atoms with E-state index in [-0.39, 0.29) is 25.0 Å². The third-order valence-electron chi connectivity index (χ3n) is 7.13. The molecule has 8 atom stereocenters. The Labute approximate surface area is 291 Å². The van der Waals surface area contributed by atoms with Gasteiger partial charge in [-0.05, 0) is 44.9 Å². The molecule has 284 valence electrons. The highest BCUT2D eigenvalue weighted by Crippen LogP contribution is 2.12. The number of phenolic OH excluding ortho intramolecular Hbond substituents is 1. The first-order valence-corrected chi connectivity index (χ1v) is 15.6. The number of carbonyl (C=O) groups is 8. The molecule has 0 saturated carbocycles. The molecule has 1 aromatic rings. The first-order valence-electron chi connectivity index (χ1n) is 15.6. The predicted octanol–water partition coefficient (Wildman–Crippen LogP) is -6.07. The lowest BCUT2D eigenvalue weighted by atomic mass is 10.0. The standard InChI is InChI=1S/C30H46N8O13/c1-13(39)23(28(49)33-12-22(45)46)38-30(51)25(15(3)41)37-27(48)19(10-16-4-6-17(42)7-5-16)35-29(50)24(14(2)40)36-26(47)18(8-9-20(32)43)34-21(44)11-31/h4-7,13-15,18-19,23-25,39-42H,8-12,31H2,1-3H3,(H2,32,43)(H,33,49)(H,34,44)(H,35,50)(H,36,47)(H,37,48)(H,38,51)(H,45,46)/t13-,14-,15-,18+,19+,23+,24+,25+/m1/s1. The Morgan fingerprint density at radius 3 is 1.57 bits per heavy atom. The molecule has 0 spiro atoms. The molecule has 0 aliphatic heterocycles. The maximum atomic E-state index is 13.6. The van der Waals surface area contributed by atoms with Gasteiger partial charge in [-0.15, -0.1) is 0 Å². The molecule has 21 nitrogen and oxygen atoms in total. The number of rotatable bonds is 21.